The number of furan rings is 1. The van der Waals surface area contributed by atoms with Crippen LogP contribution in [0.3, 0.4) is 0 Å². The van der Waals surface area contributed by atoms with Crippen LogP contribution in [-0.2, 0) is 4.79 Å². The van der Waals surface area contributed by atoms with Crippen molar-refractivity contribution in [1.29, 1.82) is 5.26 Å². The van der Waals surface area contributed by atoms with Crippen LogP contribution in [0.25, 0.3) is 0 Å². The Balaban J connectivity index is 1.82. The average molecular weight is 378 g/mol. The maximum absolute atomic E-state index is 13.1. The Morgan fingerprint density at radius 1 is 1.39 bits per heavy atom. The molecule has 0 spiro atoms. The van der Waals surface area contributed by atoms with Gasteiger partial charge in [-0.25, -0.2) is 5.01 Å². The molecular weight excluding hydrogens is 352 g/mol. The van der Waals surface area contributed by atoms with E-state index >= 15 is 0 Å². The van der Waals surface area contributed by atoms with Crippen LogP contribution in [0.15, 0.2) is 52.2 Å². The van der Waals surface area contributed by atoms with Crippen LogP contribution in [0.2, 0.25) is 0 Å². The van der Waals surface area contributed by atoms with Crippen molar-refractivity contribution in [2.45, 2.75) is 33.2 Å². The Bertz CT molecular complexity index is 865. The molecule has 2 atom stereocenters. The summed E-state index contributed by atoms with van der Waals surface area (Å²) in [5.41, 5.74) is 3.08. The molecule has 146 valence electrons. The molecule has 1 amide bonds. The predicted molar refractivity (Wildman–Crippen MR) is 108 cm³/mol. The van der Waals surface area contributed by atoms with Crippen molar-refractivity contribution in [2.75, 3.05) is 19.6 Å². The van der Waals surface area contributed by atoms with E-state index < -0.39 is 0 Å². The summed E-state index contributed by atoms with van der Waals surface area (Å²) >= 11 is 0. The van der Waals surface area contributed by atoms with Gasteiger partial charge in [0, 0.05) is 13.0 Å². The number of carbonyl (C=O) groups is 1. The van der Waals surface area contributed by atoms with Crippen LogP contribution in [-0.4, -0.2) is 41.2 Å². The van der Waals surface area contributed by atoms with Crippen LogP contribution < -0.4 is 0 Å². The highest BCUT2D eigenvalue weighted by Crippen LogP contribution is 2.33. The van der Waals surface area contributed by atoms with E-state index in [1.165, 1.54) is 5.56 Å². The molecule has 0 bridgehead atoms. The molecule has 0 fully saturated rings. The largest absolute Gasteiger partial charge is 0.467 e. The Kier molecular flexibility index (Phi) is 6.27. The van der Waals surface area contributed by atoms with E-state index in [0.29, 0.717) is 19.5 Å². The lowest BCUT2D eigenvalue weighted by Crippen LogP contribution is -2.39. The topological polar surface area (TPSA) is 72.8 Å². The highest BCUT2D eigenvalue weighted by atomic mass is 16.3. The number of hydrogen-bond acceptors (Lipinski definition) is 5. The van der Waals surface area contributed by atoms with Gasteiger partial charge in [0.15, 0.2) is 0 Å². The van der Waals surface area contributed by atoms with Crippen molar-refractivity contribution in [2.24, 2.45) is 11.0 Å². The first-order valence-corrected chi connectivity index (χ1v) is 9.63. The zero-order valence-electron chi connectivity index (χ0n) is 16.6. The molecule has 3 rings (SSSR count). The normalized spacial score (nSPS) is 17.5. The molecule has 6 nitrogen and oxygen atoms in total. The Morgan fingerprint density at radius 2 is 2.14 bits per heavy atom. The Morgan fingerprint density at radius 3 is 2.75 bits per heavy atom. The number of hydrazone groups is 1. The average Bonchev–Trinajstić information content (AvgIpc) is 3.37. The van der Waals surface area contributed by atoms with Gasteiger partial charge in [-0.15, -0.1) is 0 Å². The quantitative estimate of drug-likeness (QED) is 0.735. The molecular formula is C22H26N4O2. The maximum atomic E-state index is 13.1. The molecule has 1 aliphatic heterocycles. The second-order valence-corrected chi connectivity index (χ2v) is 7.24. The SMILES string of the molecule is CCN(CC(=O)N1N=C(c2ccc(C)cc2)C[C@H]1c1ccco1)C[C@@H](C)C#N. The zero-order chi connectivity index (χ0) is 20.1. The number of carbonyl (C=O) groups excluding carboxylic acids is 1. The summed E-state index contributed by atoms with van der Waals surface area (Å²) < 4.78 is 5.59. The number of amides is 1. The van der Waals surface area contributed by atoms with Crippen molar-refractivity contribution in [3.05, 3.63) is 59.5 Å². The maximum Gasteiger partial charge on any atom is 0.257 e. The summed E-state index contributed by atoms with van der Waals surface area (Å²) in [6.07, 6.45) is 2.23. The Hall–Kier alpha value is -2.91. The van der Waals surface area contributed by atoms with E-state index in [0.717, 1.165) is 17.0 Å². The van der Waals surface area contributed by atoms with Crippen LogP contribution >= 0.6 is 0 Å². The lowest BCUT2D eigenvalue weighted by Gasteiger charge is -2.25. The molecule has 0 radical (unpaired) electrons. The van der Waals surface area contributed by atoms with Crippen LogP contribution in [0.5, 0.6) is 0 Å². The van der Waals surface area contributed by atoms with E-state index in [-0.39, 0.29) is 24.4 Å². The van der Waals surface area contributed by atoms with Crippen molar-refractivity contribution in [3.8, 4) is 6.07 Å². The van der Waals surface area contributed by atoms with Crippen molar-refractivity contribution < 1.29 is 9.21 Å². The minimum absolute atomic E-state index is 0.0875. The van der Waals surface area contributed by atoms with Gasteiger partial charge in [-0.3, -0.25) is 9.69 Å². The summed E-state index contributed by atoms with van der Waals surface area (Å²) in [5.74, 6) is 0.516. The molecule has 0 N–H and O–H groups in total. The number of nitrogens with zero attached hydrogens (tertiary/aromatic N) is 4. The van der Waals surface area contributed by atoms with Gasteiger partial charge in [-0.05, 0) is 38.1 Å². The van der Waals surface area contributed by atoms with Crippen LogP contribution in [0.1, 0.15) is 43.2 Å². The third-order valence-electron chi connectivity index (χ3n) is 4.98. The van der Waals surface area contributed by atoms with Gasteiger partial charge in [0.05, 0.1) is 30.5 Å². The molecule has 1 aromatic carbocycles. The third-order valence-corrected chi connectivity index (χ3v) is 4.98. The summed E-state index contributed by atoms with van der Waals surface area (Å²) in [6, 6.07) is 13.9. The number of nitriles is 1. The predicted octanol–water partition coefficient (Wildman–Crippen LogP) is 3.75. The molecule has 1 aliphatic rings. The highest BCUT2D eigenvalue weighted by molar-refractivity contribution is 6.03. The fourth-order valence-electron chi connectivity index (χ4n) is 3.36. The molecule has 6 heteroatoms. The smallest absolute Gasteiger partial charge is 0.257 e. The molecule has 0 saturated heterocycles. The zero-order valence-corrected chi connectivity index (χ0v) is 16.6. The summed E-state index contributed by atoms with van der Waals surface area (Å²) in [4.78, 5) is 15.1. The minimum atomic E-state index is -0.245. The van der Waals surface area contributed by atoms with Gasteiger partial charge in [-0.2, -0.15) is 10.4 Å². The van der Waals surface area contributed by atoms with E-state index in [4.69, 9.17) is 9.68 Å². The van der Waals surface area contributed by atoms with E-state index in [2.05, 4.69) is 11.2 Å². The second kappa shape index (κ2) is 8.85. The van der Waals surface area contributed by atoms with Crippen molar-refractivity contribution >= 4 is 11.6 Å². The van der Waals surface area contributed by atoms with Gasteiger partial charge in [0.2, 0.25) is 0 Å². The molecule has 0 unspecified atom stereocenters. The van der Waals surface area contributed by atoms with Gasteiger partial charge in [0.1, 0.15) is 11.8 Å². The number of rotatable bonds is 7. The van der Waals surface area contributed by atoms with Gasteiger partial charge >= 0.3 is 0 Å². The first-order chi connectivity index (χ1) is 13.5. The van der Waals surface area contributed by atoms with Gasteiger partial charge in [0.25, 0.3) is 5.91 Å². The fourth-order valence-corrected chi connectivity index (χ4v) is 3.36. The first-order valence-electron chi connectivity index (χ1n) is 9.63. The summed E-state index contributed by atoms with van der Waals surface area (Å²) in [5, 5.41) is 15.3. The standard InChI is InChI=1S/C22H26N4O2/c1-4-25(14-17(3)13-23)15-22(27)26-20(21-6-5-11-28-21)12-19(24-26)18-9-7-16(2)8-10-18/h5-11,17,20H,4,12,14-15H2,1-3H3/t17-,20-/m0/s1. The highest BCUT2D eigenvalue weighted by Gasteiger charge is 2.35. The fraction of sp³-hybridized carbons (Fsp3) is 0.409. The second-order valence-electron chi connectivity index (χ2n) is 7.24. The molecule has 0 saturated carbocycles. The van der Waals surface area contributed by atoms with Crippen molar-refractivity contribution in [1.82, 2.24) is 9.91 Å². The lowest BCUT2D eigenvalue weighted by atomic mass is 10.0. The number of hydrogen-bond donors (Lipinski definition) is 0. The van der Waals surface area contributed by atoms with Gasteiger partial charge < -0.3 is 4.42 Å². The molecule has 28 heavy (non-hydrogen) atoms. The van der Waals surface area contributed by atoms with Crippen molar-refractivity contribution in [3.63, 3.8) is 0 Å². The molecule has 2 aromatic rings. The number of aryl methyl sites for hydroxylation is 1. The number of likely N-dealkylation sites (N-methyl/N-ethyl adjacent to an activating group) is 1. The van der Waals surface area contributed by atoms with E-state index in [1.54, 1.807) is 11.3 Å². The van der Waals surface area contributed by atoms with E-state index in [1.807, 2.05) is 62.1 Å². The van der Waals surface area contributed by atoms with Gasteiger partial charge in [-0.1, -0.05) is 36.8 Å². The monoisotopic (exact) mass is 378 g/mol. The Labute approximate surface area is 166 Å². The summed E-state index contributed by atoms with van der Waals surface area (Å²) in [7, 11) is 0. The molecule has 2 heterocycles. The number of benzene rings is 1. The molecule has 1 aromatic heterocycles. The third kappa shape index (κ3) is 4.49. The minimum Gasteiger partial charge on any atom is -0.467 e. The first kappa shape index (κ1) is 19.8. The van der Waals surface area contributed by atoms with Crippen LogP contribution in [0, 0.1) is 24.2 Å². The summed E-state index contributed by atoms with van der Waals surface area (Å²) in [6.45, 7) is 7.39. The molecule has 0 aliphatic carbocycles. The lowest BCUT2D eigenvalue weighted by molar-refractivity contribution is -0.134. The van der Waals surface area contributed by atoms with Crippen LogP contribution in [0.4, 0.5) is 0 Å². The van der Waals surface area contributed by atoms with E-state index in [9.17, 15) is 4.79 Å².